The summed E-state index contributed by atoms with van der Waals surface area (Å²) in [5.74, 6) is 0. The van der Waals surface area contributed by atoms with E-state index in [-0.39, 0.29) is 6.29 Å². The second-order valence-electron chi connectivity index (χ2n) is 5.87. The van der Waals surface area contributed by atoms with Crippen LogP contribution in [0.1, 0.15) is 0 Å². The van der Waals surface area contributed by atoms with Gasteiger partial charge in [0.15, 0.2) is 16.6 Å². The number of nitrogens with zero attached hydrogens (tertiary/aromatic N) is 3. The third-order valence-corrected chi connectivity index (χ3v) is 6.29. The molecule has 0 aliphatic rings. The molecule has 2 heterocycles. The maximum absolute atomic E-state index is 6.23. The first kappa shape index (κ1) is 17.8. The monoisotopic (exact) mass is 423 g/mol. The van der Waals surface area contributed by atoms with Gasteiger partial charge in [-0.05, 0) is 38.4 Å². The SMILES string of the molecule is CN(C)C(Nc1nc2c(Cl)cccc2s1)Nc1nc2c(Cl)cccc2s1. The van der Waals surface area contributed by atoms with Crippen LogP contribution in [-0.2, 0) is 0 Å². The number of para-hydroxylation sites is 2. The third-order valence-electron chi connectivity index (χ3n) is 3.78. The first-order valence-electron chi connectivity index (χ1n) is 7.81. The Hall–Kier alpha value is -1.64. The molecule has 2 aromatic heterocycles. The van der Waals surface area contributed by atoms with Crippen LogP contribution in [0.5, 0.6) is 0 Å². The van der Waals surface area contributed by atoms with E-state index >= 15 is 0 Å². The number of thiazole rings is 2. The highest BCUT2D eigenvalue weighted by Gasteiger charge is 2.17. The molecule has 0 unspecified atom stereocenters. The molecule has 0 aliphatic carbocycles. The molecule has 26 heavy (non-hydrogen) atoms. The molecular weight excluding hydrogens is 409 g/mol. The Morgan fingerprint density at radius 3 is 1.69 bits per heavy atom. The van der Waals surface area contributed by atoms with Crippen LogP contribution in [-0.4, -0.2) is 35.3 Å². The van der Waals surface area contributed by atoms with Crippen molar-refractivity contribution in [1.82, 2.24) is 14.9 Å². The number of benzene rings is 2. The van der Waals surface area contributed by atoms with E-state index in [1.165, 1.54) is 0 Å². The summed E-state index contributed by atoms with van der Waals surface area (Å²) in [6.45, 7) is 0. The van der Waals surface area contributed by atoms with Crippen molar-refractivity contribution >= 4 is 76.6 Å². The number of anilines is 2. The average Bonchev–Trinajstić information content (AvgIpc) is 3.19. The Bertz CT molecular complexity index is 994. The molecule has 0 fully saturated rings. The molecule has 0 atom stereocenters. The summed E-state index contributed by atoms with van der Waals surface area (Å²) in [5.41, 5.74) is 1.62. The summed E-state index contributed by atoms with van der Waals surface area (Å²) in [7, 11) is 3.95. The minimum atomic E-state index is -0.186. The van der Waals surface area contributed by atoms with Gasteiger partial charge in [0.1, 0.15) is 11.0 Å². The molecular formula is C17H15Cl2N5S2. The van der Waals surface area contributed by atoms with Gasteiger partial charge in [0.05, 0.1) is 19.4 Å². The van der Waals surface area contributed by atoms with E-state index in [1.807, 2.05) is 55.4 Å². The molecule has 134 valence electrons. The Labute approximate surface area is 168 Å². The van der Waals surface area contributed by atoms with E-state index in [2.05, 4.69) is 20.6 Å². The number of hydrogen-bond acceptors (Lipinski definition) is 7. The quantitative estimate of drug-likeness (QED) is 0.410. The van der Waals surface area contributed by atoms with Crippen molar-refractivity contribution in [3.05, 3.63) is 46.4 Å². The summed E-state index contributed by atoms with van der Waals surface area (Å²) in [6.07, 6.45) is -0.186. The van der Waals surface area contributed by atoms with Crippen LogP contribution in [0.4, 0.5) is 10.3 Å². The highest BCUT2D eigenvalue weighted by Crippen LogP contribution is 2.33. The van der Waals surface area contributed by atoms with E-state index in [9.17, 15) is 0 Å². The van der Waals surface area contributed by atoms with Crippen molar-refractivity contribution < 1.29 is 0 Å². The van der Waals surface area contributed by atoms with Gasteiger partial charge in [-0.3, -0.25) is 4.90 Å². The topological polar surface area (TPSA) is 53.1 Å². The molecule has 0 aliphatic heterocycles. The highest BCUT2D eigenvalue weighted by molar-refractivity contribution is 7.22. The highest BCUT2D eigenvalue weighted by atomic mass is 35.5. The van der Waals surface area contributed by atoms with Crippen LogP contribution in [0.2, 0.25) is 10.0 Å². The molecule has 5 nitrogen and oxygen atoms in total. The van der Waals surface area contributed by atoms with Crippen LogP contribution in [0.25, 0.3) is 20.4 Å². The van der Waals surface area contributed by atoms with Crippen molar-refractivity contribution in [3.8, 4) is 0 Å². The van der Waals surface area contributed by atoms with Crippen molar-refractivity contribution in [2.45, 2.75) is 6.29 Å². The summed E-state index contributed by atoms with van der Waals surface area (Å²) >= 11 is 15.6. The van der Waals surface area contributed by atoms with E-state index in [0.717, 1.165) is 30.7 Å². The fourth-order valence-electron chi connectivity index (χ4n) is 2.48. The molecule has 4 rings (SSSR count). The van der Waals surface area contributed by atoms with E-state index in [4.69, 9.17) is 23.2 Å². The van der Waals surface area contributed by atoms with Gasteiger partial charge in [-0.2, -0.15) is 0 Å². The molecule has 0 spiro atoms. The Morgan fingerprint density at radius 1 is 0.846 bits per heavy atom. The van der Waals surface area contributed by atoms with Gasteiger partial charge >= 0.3 is 0 Å². The predicted molar refractivity (Wildman–Crippen MR) is 114 cm³/mol. The minimum Gasteiger partial charge on any atom is -0.329 e. The lowest BCUT2D eigenvalue weighted by Crippen LogP contribution is -2.41. The second kappa shape index (κ2) is 7.17. The van der Waals surface area contributed by atoms with Gasteiger partial charge in [-0.1, -0.05) is 58.0 Å². The molecule has 0 radical (unpaired) electrons. The van der Waals surface area contributed by atoms with Crippen LogP contribution in [0, 0.1) is 0 Å². The maximum Gasteiger partial charge on any atom is 0.186 e. The molecule has 0 saturated heterocycles. The predicted octanol–water partition coefficient (Wildman–Crippen LogP) is 5.58. The van der Waals surface area contributed by atoms with Crippen LogP contribution in [0.3, 0.4) is 0 Å². The fourth-order valence-corrected chi connectivity index (χ4v) is 4.86. The van der Waals surface area contributed by atoms with Gasteiger partial charge < -0.3 is 10.6 Å². The van der Waals surface area contributed by atoms with Crippen LogP contribution < -0.4 is 10.6 Å². The summed E-state index contributed by atoms with van der Waals surface area (Å²) in [5, 5.41) is 9.69. The second-order valence-corrected chi connectivity index (χ2v) is 8.74. The first-order valence-corrected chi connectivity index (χ1v) is 10.2. The Kier molecular flexibility index (Phi) is 4.90. The van der Waals surface area contributed by atoms with Crippen LogP contribution >= 0.6 is 45.9 Å². The number of hydrogen-bond donors (Lipinski definition) is 2. The fraction of sp³-hybridized carbons (Fsp3) is 0.176. The molecule has 0 saturated carbocycles. The largest absolute Gasteiger partial charge is 0.329 e. The van der Waals surface area contributed by atoms with Gasteiger partial charge in [-0.25, -0.2) is 9.97 Å². The molecule has 2 aromatic carbocycles. The summed E-state index contributed by atoms with van der Waals surface area (Å²) in [6, 6.07) is 11.6. The standard InChI is InChI=1S/C17H15Cl2N5S2/c1-24(2)15(22-16-20-13-9(18)5-3-7-11(13)25-16)23-17-21-14-10(19)6-4-8-12(14)26-17/h3-8,15H,1-2H3,(H,20,22)(H,21,23). The van der Waals surface area contributed by atoms with Gasteiger partial charge in [-0.15, -0.1) is 0 Å². The number of fused-ring (bicyclic) bond motifs is 2. The van der Waals surface area contributed by atoms with Gasteiger partial charge in [0, 0.05) is 0 Å². The summed E-state index contributed by atoms with van der Waals surface area (Å²) in [4.78, 5) is 11.2. The smallest absolute Gasteiger partial charge is 0.186 e. The van der Waals surface area contributed by atoms with Gasteiger partial charge in [0.25, 0.3) is 0 Å². The number of aromatic nitrogens is 2. The lowest BCUT2D eigenvalue weighted by atomic mass is 10.3. The Morgan fingerprint density at radius 2 is 1.31 bits per heavy atom. The van der Waals surface area contributed by atoms with Crippen molar-refractivity contribution in [3.63, 3.8) is 0 Å². The van der Waals surface area contributed by atoms with E-state index < -0.39 is 0 Å². The van der Waals surface area contributed by atoms with Crippen molar-refractivity contribution in [1.29, 1.82) is 0 Å². The van der Waals surface area contributed by atoms with Crippen molar-refractivity contribution in [2.75, 3.05) is 24.7 Å². The number of halogens is 2. The minimum absolute atomic E-state index is 0.186. The summed E-state index contributed by atoms with van der Waals surface area (Å²) < 4.78 is 2.09. The molecule has 2 N–H and O–H groups in total. The van der Waals surface area contributed by atoms with Crippen molar-refractivity contribution in [2.24, 2.45) is 0 Å². The van der Waals surface area contributed by atoms with Crippen LogP contribution in [0.15, 0.2) is 36.4 Å². The molecule has 4 aromatic rings. The van der Waals surface area contributed by atoms with E-state index in [1.54, 1.807) is 22.7 Å². The molecule has 0 amide bonds. The normalized spacial score (nSPS) is 11.8. The van der Waals surface area contributed by atoms with Gasteiger partial charge in [0.2, 0.25) is 0 Å². The Balaban J connectivity index is 1.60. The zero-order valence-electron chi connectivity index (χ0n) is 14.0. The zero-order chi connectivity index (χ0) is 18.3. The number of rotatable bonds is 5. The maximum atomic E-state index is 6.23. The lowest BCUT2D eigenvalue weighted by Gasteiger charge is -2.25. The average molecular weight is 424 g/mol. The number of nitrogens with one attached hydrogen (secondary N) is 2. The zero-order valence-corrected chi connectivity index (χ0v) is 17.1. The third kappa shape index (κ3) is 3.45. The first-order chi connectivity index (χ1) is 12.5. The lowest BCUT2D eigenvalue weighted by molar-refractivity contribution is 0.352. The van der Waals surface area contributed by atoms with E-state index in [0.29, 0.717) is 10.0 Å². The molecule has 9 heteroatoms. The molecule has 0 bridgehead atoms.